The van der Waals surface area contributed by atoms with Gasteiger partial charge in [0, 0.05) is 19.2 Å². The molecule has 0 saturated heterocycles. The number of rotatable bonds is 10. The molecule has 0 aromatic heterocycles. The summed E-state index contributed by atoms with van der Waals surface area (Å²) in [5.41, 5.74) is 1.33. The molecule has 1 unspecified atom stereocenters. The molecule has 0 fully saturated rings. The highest BCUT2D eigenvalue weighted by Crippen LogP contribution is 2.28. The molecule has 0 heterocycles. The Labute approximate surface area is 211 Å². The Morgan fingerprint density at radius 3 is 2.11 bits per heavy atom. The molecule has 0 aliphatic heterocycles. The lowest BCUT2D eigenvalue weighted by molar-refractivity contribution is -0.139. The van der Waals surface area contributed by atoms with Gasteiger partial charge in [-0.05, 0) is 43.2 Å². The van der Waals surface area contributed by atoms with Crippen LogP contribution in [0.4, 0.5) is 10.1 Å². The lowest BCUT2D eigenvalue weighted by atomic mass is 10.1. The molecule has 0 aliphatic rings. The van der Waals surface area contributed by atoms with E-state index >= 15 is 0 Å². The standard InChI is InChI=1S/C27H30FN3O4S/c1-4-21-12-9-11-17-25(21)31(36(34,35)23-14-6-5-7-15-23)19-26(32)30(20(2)27(33)29-3)18-22-13-8-10-16-24(22)28/h5-17,20H,4,18-19H2,1-3H3,(H,29,33). The van der Waals surface area contributed by atoms with Gasteiger partial charge >= 0.3 is 0 Å². The summed E-state index contributed by atoms with van der Waals surface area (Å²) in [6, 6.07) is 19.8. The van der Waals surface area contributed by atoms with Gasteiger partial charge in [0.15, 0.2) is 0 Å². The third-order valence-electron chi connectivity index (χ3n) is 5.96. The van der Waals surface area contributed by atoms with Gasteiger partial charge < -0.3 is 10.2 Å². The summed E-state index contributed by atoms with van der Waals surface area (Å²) in [6.45, 7) is 2.65. The monoisotopic (exact) mass is 511 g/mol. The Morgan fingerprint density at radius 1 is 0.917 bits per heavy atom. The van der Waals surface area contributed by atoms with Crippen molar-refractivity contribution in [2.24, 2.45) is 0 Å². The summed E-state index contributed by atoms with van der Waals surface area (Å²) < 4.78 is 43.0. The smallest absolute Gasteiger partial charge is 0.264 e. The first-order valence-electron chi connectivity index (χ1n) is 11.6. The maximum absolute atomic E-state index is 14.5. The van der Waals surface area contributed by atoms with Gasteiger partial charge in [-0.25, -0.2) is 12.8 Å². The zero-order chi connectivity index (χ0) is 26.3. The van der Waals surface area contributed by atoms with Gasteiger partial charge in [-0.3, -0.25) is 13.9 Å². The Hall–Kier alpha value is -3.72. The molecule has 1 N–H and O–H groups in total. The minimum absolute atomic E-state index is 0.0312. The van der Waals surface area contributed by atoms with Crippen LogP contribution in [0.2, 0.25) is 0 Å². The Balaban J connectivity index is 2.07. The van der Waals surface area contributed by atoms with Crippen LogP contribution in [0.15, 0.2) is 83.8 Å². The highest BCUT2D eigenvalue weighted by molar-refractivity contribution is 7.92. The van der Waals surface area contributed by atoms with Crippen molar-refractivity contribution in [1.29, 1.82) is 0 Å². The number of anilines is 1. The van der Waals surface area contributed by atoms with Gasteiger partial charge in [0.05, 0.1) is 10.6 Å². The van der Waals surface area contributed by atoms with Crippen molar-refractivity contribution in [2.45, 2.75) is 37.8 Å². The van der Waals surface area contributed by atoms with E-state index in [-0.39, 0.29) is 17.0 Å². The molecule has 3 aromatic rings. The second kappa shape index (κ2) is 11.8. The fourth-order valence-corrected chi connectivity index (χ4v) is 5.36. The fourth-order valence-electron chi connectivity index (χ4n) is 3.89. The molecule has 190 valence electrons. The average Bonchev–Trinajstić information content (AvgIpc) is 2.90. The minimum atomic E-state index is -4.14. The van der Waals surface area contributed by atoms with E-state index < -0.39 is 40.2 Å². The van der Waals surface area contributed by atoms with Crippen LogP contribution in [0.5, 0.6) is 0 Å². The zero-order valence-corrected chi connectivity index (χ0v) is 21.3. The van der Waals surface area contributed by atoms with E-state index in [4.69, 9.17) is 0 Å². The van der Waals surface area contributed by atoms with Crippen LogP contribution in [-0.2, 0) is 32.6 Å². The second-order valence-corrected chi connectivity index (χ2v) is 10.1. The largest absolute Gasteiger partial charge is 0.357 e. The quantitative estimate of drug-likeness (QED) is 0.449. The van der Waals surface area contributed by atoms with E-state index in [2.05, 4.69) is 5.32 Å². The molecule has 2 amide bonds. The van der Waals surface area contributed by atoms with Gasteiger partial charge in [0.1, 0.15) is 18.4 Å². The van der Waals surface area contributed by atoms with Crippen molar-refractivity contribution in [2.75, 3.05) is 17.9 Å². The van der Waals surface area contributed by atoms with Gasteiger partial charge in [-0.2, -0.15) is 0 Å². The fraction of sp³-hybridized carbons (Fsp3) is 0.259. The maximum Gasteiger partial charge on any atom is 0.264 e. The first-order chi connectivity index (χ1) is 17.2. The topological polar surface area (TPSA) is 86.8 Å². The average molecular weight is 512 g/mol. The lowest BCUT2D eigenvalue weighted by Crippen LogP contribution is -2.51. The Kier molecular flexibility index (Phi) is 8.82. The normalized spacial score (nSPS) is 12.0. The van der Waals surface area contributed by atoms with Crippen molar-refractivity contribution in [1.82, 2.24) is 10.2 Å². The summed E-state index contributed by atoms with van der Waals surface area (Å²) in [6.07, 6.45) is 0.540. The van der Waals surface area contributed by atoms with E-state index in [1.54, 1.807) is 48.5 Å². The molecular formula is C27H30FN3O4S. The molecule has 0 saturated carbocycles. The number of aryl methyl sites for hydroxylation is 1. The number of hydrogen-bond donors (Lipinski definition) is 1. The SMILES string of the molecule is CCc1ccccc1N(CC(=O)N(Cc1ccccc1F)C(C)C(=O)NC)S(=O)(=O)c1ccccc1. The third-order valence-corrected chi connectivity index (χ3v) is 7.74. The summed E-state index contributed by atoms with van der Waals surface area (Å²) in [7, 11) is -2.70. The van der Waals surface area contributed by atoms with Crippen LogP contribution in [0.3, 0.4) is 0 Å². The van der Waals surface area contributed by atoms with Crippen LogP contribution in [-0.4, -0.2) is 44.8 Å². The molecule has 9 heteroatoms. The molecule has 1 atom stereocenters. The van der Waals surface area contributed by atoms with E-state index in [0.29, 0.717) is 12.1 Å². The molecule has 0 radical (unpaired) electrons. The van der Waals surface area contributed by atoms with Crippen LogP contribution in [0.1, 0.15) is 25.0 Å². The summed E-state index contributed by atoms with van der Waals surface area (Å²) in [4.78, 5) is 27.4. The Bertz CT molecular complexity index is 1320. The number of amides is 2. The lowest BCUT2D eigenvalue weighted by Gasteiger charge is -2.32. The van der Waals surface area contributed by atoms with E-state index in [1.807, 2.05) is 6.92 Å². The molecule has 0 spiro atoms. The summed E-state index contributed by atoms with van der Waals surface area (Å²) in [5.74, 6) is -1.62. The number of para-hydroxylation sites is 1. The van der Waals surface area contributed by atoms with Gasteiger partial charge in [0.2, 0.25) is 11.8 Å². The Morgan fingerprint density at radius 2 is 1.50 bits per heavy atom. The zero-order valence-electron chi connectivity index (χ0n) is 20.5. The van der Waals surface area contributed by atoms with Crippen molar-refractivity contribution < 1.29 is 22.4 Å². The molecule has 0 bridgehead atoms. The predicted octanol–water partition coefficient (Wildman–Crippen LogP) is 3.75. The first kappa shape index (κ1) is 26.9. The van der Waals surface area contributed by atoms with Crippen LogP contribution in [0.25, 0.3) is 0 Å². The highest BCUT2D eigenvalue weighted by atomic mass is 32.2. The number of carbonyl (C=O) groups excluding carboxylic acids is 2. The third kappa shape index (κ3) is 5.91. The molecule has 0 aliphatic carbocycles. The van der Waals surface area contributed by atoms with E-state index in [0.717, 1.165) is 9.87 Å². The van der Waals surface area contributed by atoms with Gasteiger partial charge in [0.25, 0.3) is 10.0 Å². The summed E-state index contributed by atoms with van der Waals surface area (Å²) >= 11 is 0. The van der Waals surface area contributed by atoms with E-state index in [1.165, 1.54) is 49.2 Å². The number of nitrogens with one attached hydrogen (secondary N) is 1. The van der Waals surface area contributed by atoms with Crippen molar-refractivity contribution in [3.05, 3.63) is 95.8 Å². The minimum Gasteiger partial charge on any atom is -0.357 e. The summed E-state index contributed by atoms with van der Waals surface area (Å²) in [5, 5.41) is 2.50. The number of nitrogens with zero attached hydrogens (tertiary/aromatic N) is 2. The number of hydrogen-bond acceptors (Lipinski definition) is 4. The number of halogens is 1. The second-order valence-electron chi connectivity index (χ2n) is 8.21. The molecular weight excluding hydrogens is 481 g/mol. The highest BCUT2D eigenvalue weighted by Gasteiger charge is 2.33. The molecule has 36 heavy (non-hydrogen) atoms. The van der Waals surface area contributed by atoms with Crippen molar-refractivity contribution in [3.8, 4) is 0 Å². The van der Waals surface area contributed by atoms with Gasteiger partial charge in [-0.15, -0.1) is 0 Å². The van der Waals surface area contributed by atoms with Crippen LogP contribution >= 0.6 is 0 Å². The number of sulfonamides is 1. The van der Waals surface area contributed by atoms with Crippen LogP contribution < -0.4 is 9.62 Å². The molecule has 3 aromatic carbocycles. The van der Waals surface area contributed by atoms with Gasteiger partial charge in [-0.1, -0.05) is 61.5 Å². The molecule has 7 nitrogen and oxygen atoms in total. The number of benzene rings is 3. The predicted molar refractivity (Wildman–Crippen MR) is 137 cm³/mol. The van der Waals surface area contributed by atoms with Crippen molar-refractivity contribution >= 4 is 27.5 Å². The first-order valence-corrected chi connectivity index (χ1v) is 13.0. The maximum atomic E-state index is 14.5. The molecule has 3 rings (SSSR count). The van der Waals surface area contributed by atoms with E-state index in [9.17, 15) is 22.4 Å². The number of carbonyl (C=O) groups is 2. The van der Waals surface area contributed by atoms with Crippen LogP contribution in [0, 0.1) is 5.82 Å². The number of likely N-dealkylation sites (N-methyl/N-ethyl adjacent to an activating group) is 1. The van der Waals surface area contributed by atoms with Crippen molar-refractivity contribution in [3.63, 3.8) is 0 Å².